The number of amides is 1. The first-order chi connectivity index (χ1) is 18.0. The summed E-state index contributed by atoms with van der Waals surface area (Å²) in [5.41, 5.74) is 5.70. The summed E-state index contributed by atoms with van der Waals surface area (Å²) in [4.78, 5) is 18.2. The number of imidazole rings is 1. The number of carbonyl (C=O) groups excluding carboxylic acids is 1. The van der Waals surface area contributed by atoms with Gasteiger partial charge in [-0.3, -0.25) is 14.7 Å². The molecule has 0 aliphatic carbocycles. The van der Waals surface area contributed by atoms with E-state index in [1.807, 2.05) is 93.9 Å². The molecule has 1 N–H and O–H groups in total. The lowest BCUT2D eigenvalue weighted by Gasteiger charge is -2.23. The second-order valence-corrected chi connectivity index (χ2v) is 11.9. The van der Waals surface area contributed by atoms with Crippen molar-refractivity contribution < 1.29 is 13.2 Å². The fourth-order valence-electron chi connectivity index (χ4n) is 4.13. The van der Waals surface area contributed by atoms with Gasteiger partial charge >= 0.3 is 0 Å². The molecule has 0 spiro atoms. The van der Waals surface area contributed by atoms with Gasteiger partial charge in [-0.15, -0.1) is 0 Å². The molecule has 38 heavy (non-hydrogen) atoms. The van der Waals surface area contributed by atoms with Crippen LogP contribution in [0.2, 0.25) is 0 Å². The Labute approximate surface area is 225 Å². The molecule has 0 saturated heterocycles. The highest BCUT2D eigenvalue weighted by atomic mass is 32.2. The third-order valence-electron chi connectivity index (χ3n) is 6.34. The Bertz CT molecular complexity index is 1530. The number of nitrogens with one attached hydrogen (secondary N) is 1. The molecule has 0 atom stereocenters. The van der Waals surface area contributed by atoms with Crippen LogP contribution in [0.4, 0.5) is 5.95 Å². The molecule has 0 bridgehead atoms. The SMILES string of the molecule is Cc1ccc(S(=O)(=O)N(CC(=O)Nc2nc(-c3ccccc3)cn2-c2ccc(C)c(C)c2)CC(C)C)cc1. The number of anilines is 1. The van der Waals surface area contributed by atoms with Crippen LogP contribution in [-0.2, 0) is 14.8 Å². The normalized spacial score (nSPS) is 11.8. The third-order valence-corrected chi connectivity index (χ3v) is 8.17. The van der Waals surface area contributed by atoms with Gasteiger partial charge in [0.2, 0.25) is 21.9 Å². The van der Waals surface area contributed by atoms with Crippen molar-refractivity contribution in [1.82, 2.24) is 13.9 Å². The van der Waals surface area contributed by atoms with Crippen molar-refractivity contribution in [3.8, 4) is 16.9 Å². The molecule has 7 nitrogen and oxygen atoms in total. The van der Waals surface area contributed by atoms with E-state index in [1.54, 1.807) is 24.3 Å². The molecule has 0 radical (unpaired) electrons. The van der Waals surface area contributed by atoms with Crippen molar-refractivity contribution in [2.24, 2.45) is 5.92 Å². The van der Waals surface area contributed by atoms with Crippen LogP contribution in [0, 0.1) is 26.7 Å². The summed E-state index contributed by atoms with van der Waals surface area (Å²) in [7, 11) is -3.87. The quantitative estimate of drug-likeness (QED) is 0.299. The first kappa shape index (κ1) is 27.3. The Balaban J connectivity index is 1.66. The second kappa shape index (κ2) is 11.3. The zero-order valence-corrected chi connectivity index (χ0v) is 23.3. The van der Waals surface area contributed by atoms with E-state index < -0.39 is 15.9 Å². The number of benzene rings is 3. The maximum absolute atomic E-state index is 13.4. The molecular formula is C30H34N4O3S. The lowest BCUT2D eigenvalue weighted by molar-refractivity contribution is -0.116. The Morgan fingerprint density at radius 3 is 2.26 bits per heavy atom. The number of hydrogen-bond acceptors (Lipinski definition) is 4. The molecule has 1 heterocycles. The standard InChI is InChI=1S/C30H34N4O3S/c1-21(2)18-33(38(36,37)27-15-11-22(3)12-16-27)20-29(35)32-30-31-28(25-9-7-6-8-10-25)19-34(30)26-14-13-23(4)24(5)17-26/h6-17,19,21H,18,20H2,1-5H3,(H,31,32,35). The molecule has 0 aliphatic rings. The Morgan fingerprint density at radius 2 is 1.63 bits per heavy atom. The van der Waals surface area contributed by atoms with E-state index in [0.29, 0.717) is 11.6 Å². The molecule has 3 aromatic carbocycles. The van der Waals surface area contributed by atoms with Crippen LogP contribution in [0.5, 0.6) is 0 Å². The van der Waals surface area contributed by atoms with Crippen LogP contribution < -0.4 is 5.32 Å². The molecule has 0 fully saturated rings. The third kappa shape index (κ3) is 6.20. The summed E-state index contributed by atoms with van der Waals surface area (Å²) in [6, 6.07) is 22.4. The highest BCUT2D eigenvalue weighted by Crippen LogP contribution is 2.26. The van der Waals surface area contributed by atoms with E-state index in [4.69, 9.17) is 4.98 Å². The summed E-state index contributed by atoms with van der Waals surface area (Å²) in [6.45, 7) is 9.72. The molecule has 4 aromatic rings. The fourth-order valence-corrected chi connectivity index (χ4v) is 5.69. The predicted molar refractivity (Wildman–Crippen MR) is 152 cm³/mol. The Kier molecular flexibility index (Phi) is 8.14. The summed E-state index contributed by atoms with van der Waals surface area (Å²) < 4.78 is 29.9. The molecule has 0 aliphatic heterocycles. The second-order valence-electron chi connectivity index (χ2n) is 10.0. The molecule has 0 saturated carbocycles. The van der Waals surface area contributed by atoms with E-state index in [2.05, 4.69) is 5.32 Å². The van der Waals surface area contributed by atoms with Crippen molar-refractivity contribution in [3.05, 3.63) is 95.7 Å². The maximum Gasteiger partial charge on any atom is 0.243 e. The zero-order valence-electron chi connectivity index (χ0n) is 22.5. The lowest BCUT2D eigenvalue weighted by atomic mass is 10.1. The Hall–Kier alpha value is -3.75. The van der Waals surface area contributed by atoms with Gasteiger partial charge < -0.3 is 0 Å². The smallest absolute Gasteiger partial charge is 0.243 e. The van der Waals surface area contributed by atoms with Crippen molar-refractivity contribution in [1.29, 1.82) is 0 Å². The lowest BCUT2D eigenvalue weighted by Crippen LogP contribution is -2.40. The summed E-state index contributed by atoms with van der Waals surface area (Å²) >= 11 is 0. The topological polar surface area (TPSA) is 84.3 Å². The monoisotopic (exact) mass is 530 g/mol. The molecule has 8 heteroatoms. The van der Waals surface area contributed by atoms with Crippen LogP contribution in [-0.4, -0.2) is 41.3 Å². The molecule has 0 unspecified atom stereocenters. The van der Waals surface area contributed by atoms with Gasteiger partial charge in [-0.2, -0.15) is 4.31 Å². The molecule has 1 aromatic heterocycles. The van der Waals surface area contributed by atoms with E-state index in [0.717, 1.165) is 27.9 Å². The van der Waals surface area contributed by atoms with E-state index in [1.165, 1.54) is 4.31 Å². The van der Waals surface area contributed by atoms with Crippen LogP contribution >= 0.6 is 0 Å². The molecule has 4 rings (SSSR count). The van der Waals surface area contributed by atoms with E-state index in [-0.39, 0.29) is 23.9 Å². The first-order valence-electron chi connectivity index (χ1n) is 12.6. The average Bonchev–Trinajstić information content (AvgIpc) is 3.29. The number of carbonyl (C=O) groups is 1. The van der Waals surface area contributed by atoms with Gasteiger partial charge in [0.1, 0.15) is 0 Å². The Morgan fingerprint density at radius 1 is 0.947 bits per heavy atom. The number of nitrogens with zero attached hydrogens (tertiary/aromatic N) is 3. The highest BCUT2D eigenvalue weighted by molar-refractivity contribution is 7.89. The minimum absolute atomic E-state index is 0.0326. The minimum Gasteiger partial charge on any atom is -0.294 e. The van der Waals surface area contributed by atoms with Gasteiger partial charge in [0.15, 0.2) is 0 Å². The van der Waals surface area contributed by atoms with Crippen molar-refractivity contribution in [2.75, 3.05) is 18.4 Å². The summed E-state index contributed by atoms with van der Waals surface area (Å²) in [5, 5.41) is 2.88. The van der Waals surface area contributed by atoms with E-state index >= 15 is 0 Å². The maximum atomic E-state index is 13.4. The number of aryl methyl sites for hydroxylation is 3. The molecule has 1 amide bonds. The number of sulfonamides is 1. The van der Waals surface area contributed by atoms with Gasteiger partial charge in [0.05, 0.1) is 17.1 Å². The number of rotatable bonds is 9. The zero-order chi connectivity index (χ0) is 27.4. The first-order valence-corrected chi connectivity index (χ1v) is 14.1. The largest absolute Gasteiger partial charge is 0.294 e. The van der Waals surface area contributed by atoms with Crippen molar-refractivity contribution in [2.45, 2.75) is 39.5 Å². The van der Waals surface area contributed by atoms with Gasteiger partial charge in [-0.25, -0.2) is 13.4 Å². The van der Waals surface area contributed by atoms with Crippen LogP contribution in [0.15, 0.2) is 83.9 Å². The fraction of sp³-hybridized carbons (Fsp3) is 0.267. The number of hydrogen-bond donors (Lipinski definition) is 1. The summed E-state index contributed by atoms with van der Waals surface area (Å²) in [6.07, 6.45) is 1.88. The van der Waals surface area contributed by atoms with Crippen LogP contribution in [0.1, 0.15) is 30.5 Å². The van der Waals surface area contributed by atoms with Gasteiger partial charge in [0.25, 0.3) is 0 Å². The van der Waals surface area contributed by atoms with Gasteiger partial charge in [0, 0.05) is 24.0 Å². The van der Waals surface area contributed by atoms with Gasteiger partial charge in [-0.1, -0.05) is 67.9 Å². The highest BCUT2D eigenvalue weighted by Gasteiger charge is 2.28. The van der Waals surface area contributed by atoms with Gasteiger partial charge in [-0.05, 0) is 62.1 Å². The molecule has 198 valence electrons. The van der Waals surface area contributed by atoms with E-state index in [9.17, 15) is 13.2 Å². The minimum atomic E-state index is -3.87. The van der Waals surface area contributed by atoms with Crippen molar-refractivity contribution >= 4 is 21.9 Å². The van der Waals surface area contributed by atoms with Crippen LogP contribution in [0.3, 0.4) is 0 Å². The summed E-state index contributed by atoms with van der Waals surface area (Å²) in [5.74, 6) is -0.101. The van der Waals surface area contributed by atoms with Crippen LogP contribution in [0.25, 0.3) is 16.9 Å². The average molecular weight is 531 g/mol. The van der Waals surface area contributed by atoms with Crippen molar-refractivity contribution in [3.63, 3.8) is 0 Å². The molecular weight excluding hydrogens is 496 g/mol. The number of aromatic nitrogens is 2. The predicted octanol–water partition coefficient (Wildman–Crippen LogP) is 5.75.